The minimum Gasteiger partial charge on any atom is -0.496 e. The Morgan fingerprint density at radius 3 is 2.68 bits per heavy atom. The average Bonchev–Trinajstić information content (AvgIpc) is 3.34. The Bertz CT molecular complexity index is 1740. The van der Waals surface area contributed by atoms with Crippen molar-refractivity contribution in [3.8, 4) is 23.1 Å². The van der Waals surface area contributed by atoms with Crippen LogP contribution in [-0.2, 0) is 4.79 Å². The molecule has 2 aromatic heterocycles. The number of benzene rings is 3. The molecule has 0 saturated carbocycles. The molecule has 0 saturated heterocycles. The molecule has 0 aliphatic carbocycles. The summed E-state index contributed by atoms with van der Waals surface area (Å²) < 4.78 is 18.9. The number of halogens is 1. The highest BCUT2D eigenvalue weighted by Crippen LogP contribution is 2.33. The number of aromatic nitrogens is 2. The smallest absolute Gasteiger partial charge is 0.344 e. The quantitative estimate of drug-likeness (QED) is 0.200. The van der Waals surface area contributed by atoms with E-state index in [-0.39, 0.29) is 11.4 Å². The maximum Gasteiger partial charge on any atom is 0.344 e. The Hall–Kier alpha value is -4.19. The molecule has 0 aliphatic rings. The van der Waals surface area contributed by atoms with Gasteiger partial charge in [0, 0.05) is 0 Å². The minimum atomic E-state index is -1.06. The predicted octanol–water partition coefficient (Wildman–Crippen LogP) is 5.16. The van der Waals surface area contributed by atoms with Crippen LogP contribution in [0, 0.1) is 3.57 Å². The molecule has 5 rings (SSSR count). The number of ether oxygens (including phenoxy) is 2. The zero-order valence-electron chi connectivity index (χ0n) is 19.7. The van der Waals surface area contributed by atoms with Crippen molar-refractivity contribution in [2.75, 3.05) is 7.11 Å². The van der Waals surface area contributed by atoms with Gasteiger partial charge in [-0.15, -0.1) is 0 Å². The third-order valence-electron chi connectivity index (χ3n) is 5.65. The van der Waals surface area contributed by atoms with Gasteiger partial charge in [-0.3, -0.25) is 4.79 Å². The molecule has 2 heterocycles. The van der Waals surface area contributed by atoms with E-state index in [9.17, 15) is 9.59 Å². The van der Waals surface area contributed by atoms with Gasteiger partial charge in [0.15, 0.2) is 11.9 Å². The number of carboxylic acid groups (broad SMARTS) is 1. The molecule has 9 nitrogen and oxygen atoms in total. The normalized spacial score (nSPS) is 12.3. The second kappa shape index (κ2) is 10.1. The molecule has 0 radical (unpaired) electrons. The van der Waals surface area contributed by atoms with Crippen LogP contribution < -0.4 is 15.0 Å². The summed E-state index contributed by atoms with van der Waals surface area (Å²) in [5, 5.41) is 14.7. The molecular weight excluding hydrogens is 589 g/mol. The molecule has 0 unspecified atom stereocenters. The van der Waals surface area contributed by atoms with E-state index in [1.807, 2.05) is 24.3 Å². The van der Waals surface area contributed by atoms with Gasteiger partial charge in [-0.25, -0.2) is 9.78 Å². The Morgan fingerprint density at radius 2 is 1.92 bits per heavy atom. The fourth-order valence-electron chi connectivity index (χ4n) is 3.77. The highest BCUT2D eigenvalue weighted by molar-refractivity contribution is 14.1. The lowest BCUT2D eigenvalue weighted by Crippen LogP contribution is -2.23. The highest BCUT2D eigenvalue weighted by Gasteiger charge is 2.18. The molecule has 1 atom stereocenters. The van der Waals surface area contributed by atoms with Crippen LogP contribution in [-0.4, -0.2) is 40.2 Å². The molecule has 10 heteroatoms. The molecule has 3 aromatic carbocycles. The fourth-order valence-corrected chi connectivity index (χ4v) is 4.44. The van der Waals surface area contributed by atoms with Gasteiger partial charge >= 0.3 is 5.97 Å². The number of rotatable bonds is 7. The second-order valence-corrected chi connectivity index (χ2v) is 9.25. The van der Waals surface area contributed by atoms with E-state index >= 15 is 0 Å². The summed E-state index contributed by atoms with van der Waals surface area (Å²) in [7, 11) is 1.58. The lowest BCUT2D eigenvalue weighted by atomic mass is 10.2. The number of hydrogen-bond donors (Lipinski definition) is 1. The number of hydrogen-bond acceptors (Lipinski definition) is 7. The van der Waals surface area contributed by atoms with Gasteiger partial charge < -0.3 is 19.0 Å². The van der Waals surface area contributed by atoms with Crippen molar-refractivity contribution in [3.05, 3.63) is 86.2 Å². The van der Waals surface area contributed by atoms with Crippen LogP contribution in [0.1, 0.15) is 12.5 Å². The molecule has 37 heavy (non-hydrogen) atoms. The van der Waals surface area contributed by atoms with Crippen molar-refractivity contribution in [1.29, 1.82) is 0 Å². The van der Waals surface area contributed by atoms with Crippen LogP contribution in [0.3, 0.4) is 0 Å². The predicted molar refractivity (Wildman–Crippen MR) is 148 cm³/mol. The first-order valence-electron chi connectivity index (χ1n) is 11.2. The van der Waals surface area contributed by atoms with Crippen molar-refractivity contribution in [2.45, 2.75) is 13.0 Å². The molecule has 186 valence electrons. The molecular formula is C27H20IN3O6. The number of carbonyl (C=O) groups is 1. The number of fused-ring (bicyclic) bond motifs is 2. The SMILES string of the molecule is COc1cccc2oc(-c3nc4ccccc4c(=O)n3N=Cc3ccc(O[C@H](C)C(=O)O)c(I)c3)cc12. The van der Waals surface area contributed by atoms with Crippen LogP contribution in [0.25, 0.3) is 33.5 Å². The Labute approximate surface area is 224 Å². The van der Waals surface area contributed by atoms with Crippen molar-refractivity contribution >= 4 is 56.6 Å². The highest BCUT2D eigenvalue weighted by atomic mass is 127. The maximum absolute atomic E-state index is 13.5. The number of furan rings is 1. The number of para-hydroxylation sites is 1. The fraction of sp³-hybridized carbons (Fsp3) is 0.111. The average molecular weight is 609 g/mol. The molecule has 1 N–H and O–H groups in total. The standard InChI is InChI=1S/C27H20IN3O6/c1-15(27(33)34)36-23-11-10-16(12-19(23)28)14-29-31-25(30-20-7-4-3-6-17(20)26(31)32)24-13-18-21(35-2)8-5-9-22(18)37-24/h3-15H,1-2H3,(H,33,34)/t15-/m1/s1. The molecule has 0 amide bonds. The van der Waals surface area contributed by atoms with E-state index in [1.165, 1.54) is 17.8 Å². The summed E-state index contributed by atoms with van der Waals surface area (Å²) in [6.45, 7) is 1.46. The van der Waals surface area contributed by atoms with Gasteiger partial charge in [0.2, 0.25) is 5.82 Å². The first-order chi connectivity index (χ1) is 17.9. The first-order valence-corrected chi connectivity index (χ1v) is 12.3. The first kappa shape index (κ1) is 24.5. The van der Waals surface area contributed by atoms with E-state index in [4.69, 9.17) is 19.0 Å². The number of carboxylic acids is 1. The zero-order chi connectivity index (χ0) is 26.1. The third-order valence-corrected chi connectivity index (χ3v) is 6.49. The summed E-state index contributed by atoms with van der Waals surface area (Å²) in [5.74, 6) is 0.623. The molecule has 0 bridgehead atoms. The van der Waals surface area contributed by atoms with E-state index in [0.717, 1.165) is 5.39 Å². The van der Waals surface area contributed by atoms with E-state index in [1.54, 1.807) is 49.6 Å². The number of methoxy groups -OCH3 is 1. The minimum absolute atomic E-state index is 0.239. The van der Waals surface area contributed by atoms with Crippen molar-refractivity contribution < 1.29 is 23.8 Å². The van der Waals surface area contributed by atoms with Gasteiger partial charge in [-0.2, -0.15) is 9.78 Å². The van der Waals surface area contributed by atoms with E-state index in [0.29, 0.717) is 42.9 Å². The topological polar surface area (TPSA) is 116 Å². The summed E-state index contributed by atoms with van der Waals surface area (Å²) in [5.41, 5.74) is 1.43. The van der Waals surface area contributed by atoms with Crippen LogP contribution in [0.4, 0.5) is 0 Å². The van der Waals surface area contributed by atoms with Crippen LogP contribution >= 0.6 is 22.6 Å². The number of aliphatic carboxylic acids is 1. The van der Waals surface area contributed by atoms with Crippen molar-refractivity contribution in [1.82, 2.24) is 9.66 Å². The molecule has 5 aromatic rings. The largest absolute Gasteiger partial charge is 0.496 e. The summed E-state index contributed by atoms with van der Waals surface area (Å²) >= 11 is 2.06. The van der Waals surface area contributed by atoms with Crippen molar-refractivity contribution in [3.63, 3.8) is 0 Å². The summed E-state index contributed by atoms with van der Waals surface area (Å²) in [6.07, 6.45) is 0.539. The lowest BCUT2D eigenvalue weighted by Gasteiger charge is -2.12. The maximum atomic E-state index is 13.5. The van der Waals surface area contributed by atoms with Crippen LogP contribution in [0.5, 0.6) is 11.5 Å². The number of nitrogens with zero attached hydrogens (tertiary/aromatic N) is 3. The van der Waals surface area contributed by atoms with Crippen LogP contribution in [0.15, 0.2) is 81.0 Å². The molecule has 0 spiro atoms. The Morgan fingerprint density at radius 1 is 1.11 bits per heavy atom. The van der Waals surface area contributed by atoms with Gasteiger partial charge in [0.1, 0.15) is 17.1 Å². The molecule has 0 fully saturated rings. The molecule has 0 aliphatic heterocycles. The monoisotopic (exact) mass is 609 g/mol. The Balaban J connectivity index is 1.60. The van der Waals surface area contributed by atoms with E-state index < -0.39 is 12.1 Å². The summed E-state index contributed by atoms with van der Waals surface area (Å²) in [6, 6.07) is 19.4. The van der Waals surface area contributed by atoms with Crippen molar-refractivity contribution in [2.24, 2.45) is 5.10 Å². The zero-order valence-corrected chi connectivity index (χ0v) is 21.9. The van der Waals surface area contributed by atoms with Gasteiger partial charge in [0.25, 0.3) is 5.56 Å². The van der Waals surface area contributed by atoms with E-state index in [2.05, 4.69) is 32.7 Å². The second-order valence-electron chi connectivity index (χ2n) is 8.08. The third kappa shape index (κ3) is 4.79. The van der Waals surface area contributed by atoms with Gasteiger partial charge in [-0.05, 0) is 83.6 Å². The summed E-state index contributed by atoms with van der Waals surface area (Å²) in [4.78, 5) is 29.2. The van der Waals surface area contributed by atoms with Crippen LogP contribution in [0.2, 0.25) is 0 Å². The van der Waals surface area contributed by atoms with Gasteiger partial charge in [0.05, 0.1) is 33.2 Å². The van der Waals surface area contributed by atoms with Gasteiger partial charge in [-0.1, -0.05) is 18.2 Å². The lowest BCUT2D eigenvalue weighted by molar-refractivity contribution is -0.144. The Kier molecular flexibility index (Phi) is 6.66.